The van der Waals surface area contributed by atoms with Gasteiger partial charge in [-0.1, -0.05) is 18.2 Å². The van der Waals surface area contributed by atoms with E-state index in [2.05, 4.69) is 10.1 Å². The van der Waals surface area contributed by atoms with E-state index in [-0.39, 0.29) is 6.10 Å². The molecule has 2 rings (SSSR count). The number of aromatic nitrogens is 3. The van der Waals surface area contributed by atoms with Crippen LogP contribution in [0.4, 0.5) is 0 Å². The number of aryl methyl sites for hydroxylation is 1. The van der Waals surface area contributed by atoms with Gasteiger partial charge in [0.15, 0.2) is 5.82 Å². The van der Waals surface area contributed by atoms with Crippen LogP contribution in [0.15, 0.2) is 24.3 Å². The lowest BCUT2D eigenvalue weighted by Crippen LogP contribution is -1.96. The van der Waals surface area contributed by atoms with Gasteiger partial charge in [0.1, 0.15) is 0 Å². The van der Waals surface area contributed by atoms with Gasteiger partial charge in [-0.25, -0.2) is 4.68 Å². The minimum Gasteiger partial charge on any atom is -0.467 e. The summed E-state index contributed by atoms with van der Waals surface area (Å²) in [6, 6.07) is 8.50. The molecule has 2 aromatic rings. The maximum atomic E-state index is 5.31. The van der Waals surface area contributed by atoms with Gasteiger partial charge in [-0.2, -0.15) is 4.98 Å². The van der Waals surface area contributed by atoms with Crippen molar-refractivity contribution in [3.63, 3.8) is 0 Å². The Balaban J connectivity index is 2.38. The van der Waals surface area contributed by atoms with Crippen molar-refractivity contribution >= 4 is 0 Å². The third kappa shape index (κ3) is 2.36. The van der Waals surface area contributed by atoms with Crippen LogP contribution in [0.3, 0.4) is 0 Å². The van der Waals surface area contributed by atoms with E-state index in [1.165, 1.54) is 0 Å². The van der Waals surface area contributed by atoms with Crippen LogP contribution in [0, 0.1) is 0 Å². The topological polar surface area (TPSA) is 49.2 Å². The molecule has 0 N–H and O–H groups in total. The molecule has 18 heavy (non-hydrogen) atoms. The van der Waals surface area contributed by atoms with Crippen molar-refractivity contribution in [1.29, 1.82) is 0 Å². The summed E-state index contributed by atoms with van der Waals surface area (Å²) in [5, 5.41) is 4.32. The average molecular weight is 247 g/mol. The Morgan fingerprint density at radius 2 is 2.06 bits per heavy atom. The Hall–Kier alpha value is -1.88. The van der Waals surface area contributed by atoms with Crippen LogP contribution in [0.5, 0.6) is 6.01 Å². The maximum absolute atomic E-state index is 5.31. The second kappa shape index (κ2) is 5.18. The number of benzene rings is 1. The van der Waals surface area contributed by atoms with Crippen molar-refractivity contribution in [2.75, 3.05) is 14.2 Å². The molecule has 1 aromatic carbocycles. The number of hydrogen-bond donors (Lipinski definition) is 0. The molecular weight excluding hydrogens is 230 g/mol. The molecular formula is C13H17N3O2. The summed E-state index contributed by atoms with van der Waals surface area (Å²) in [5.74, 6) is 0.652. The third-order valence-corrected chi connectivity index (χ3v) is 2.87. The Morgan fingerprint density at radius 1 is 1.28 bits per heavy atom. The number of nitrogens with zero attached hydrogens (tertiary/aromatic N) is 3. The van der Waals surface area contributed by atoms with Gasteiger partial charge in [0.05, 0.1) is 13.2 Å². The lowest BCUT2D eigenvalue weighted by molar-refractivity contribution is 0.119. The van der Waals surface area contributed by atoms with Crippen molar-refractivity contribution in [1.82, 2.24) is 14.8 Å². The van der Waals surface area contributed by atoms with E-state index in [0.717, 1.165) is 11.1 Å². The smallest absolute Gasteiger partial charge is 0.314 e. The Morgan fingerprint density at radius 3 is 2.67 bits per heavy atom. The second-order valence-electron chi connectivity index (χ2n) is 4.05. The van der Waals surface area contributed by atoms with Crippen molar-refractivity contribution in [3.05, 3.63) is 29.8 Å². The largest absolute Gasteiger partial charge is 0.467 e. The minimum atomic E-state index is 0.0514. The molecule has 0 bridgehead atoms. The zero-order valence-electron chi connectivity index (χ0n) is 11.0. The molecule has 96 valence electrons. The molecule has 0 saturated heterocycles. The van der Waals surface area contributed by atoms with E-state index in [1.54, 1.807) is 25.9 Å². The molecule has 1 atom stereocenters. The van der Waals surface area contributed by atoms with Gasteiger partial charge in [0, 0.05) is 19.7 Å². The van der Waals surface area contributed by atoms with E-state index in [9.17, 15) is 0 Å². The summed E-state index contributed by atoms with van der Waals surface area (Å²) in [6.45, 7) is 2.01. The Labute approximate surface area is 106 Å². The molecule has 0 aliphatic rings. The first-order valence-electron chi connectivity index (χ1n) is 5.74. The van der Waals surface area contributed by atoms with E-state index in [4.69, 9.17) is 9.47 Å². The summed E-state index contributed by atoms with van der Waals surface area (Å²) in [4.78, 5) is 4.31. The zero-order valence-corrected chi connectivity index (χ0v) is 11.0. The van der Waals surface area contributed by atoms with Crippen molar-refractivity contribution in [2.45, 2.75) is 13.0 Å². The summed E-state index contributed by atoms with van der Waals surface area (Å²) in [6.07, 6.45) is 0.0514. The van der Waals surface area contributed by atoms with Crippen LogP contribution in [0.2, 0.25) is 0 Å². The third-order valence-electron chi connectivity index (χ3n) is 2.87. The second-order valence-corrected chi connectivity index (χ2v) is 4.05. The lowest BCUT2D eigenvalue weighted by atomic mass is 10.1. The van der Waals surface area contributed by atoms with Crippen LogP contribution < -0.4 is 4.74 Å². The fourth-order valence-corrected chi connectivity index (χ4v) is 1.74. The summed E-state index contributed by atoms with van der Waals surface area (Å²) < 4.78 is 12.0. The summed E-state index contributed by atoms with van der Waals surface area (Å²) in [5.41, 5.74) is 2.05. The highest BCUT2D eigenvalue weighted by Crippen LogP contribution is 2.23. The standard InChI is InChI=1S/C13H17N3O2/c1-9(17-3)10-6-5-7-11(8-10)12-14-13(18-4)16(2)15-12/h5-9H,1-4H3/t9-/m0/s1. The fourth-order valence-electron chi connectivity index (χ4n) is 1.74. The van der Waals surface area contributed by atoms with Crippen LogP contribution in [0.1, 0.15) is 18.6 Å². The molecule has 1 aromatic heterocycles. The quantitative estimate of drug-likeness (QED) is 0.831. The Bertz CT molecular complexity index is 537. The first kappa shape index (κ1) is 12.6. The minimum absolute atomic E-state index is 0.0514. The molecule has 5 heteroatoms. The van der Waals surface area contributed by atoms with Gasteiger partial charge in [-0.3, -0.25) is 0 Å². The monoisotopic (exact) mass is 247 g/mol. The van der Waals surface area contributed by atoms with Gasteiger partial charge < -0.3 is 9.47 Å². The van der Waals surface area contributed by atoms with Gasteiger partial charge in [-0.15, -0.1) is 5.10 Å². The molecule has 5 nitrogen and oxygen atoms in total. The highest BCUT2D eigenvalue weighted by Gasteiger charge is 2.11. The van der Waals surface area contributed by atoms with Crippen LogP contribution in [-0.4, -0.2) is 29.0 Å². The van der Waals surface area contributed by atoms with E-state index >= 15 is 0 Å². The molecule has 0 spiro atoms. The van der Waals surface area contributed by atoms with Gasteiger partial charge >= 0.3 is 6.01 Å². The average Bonchev–Trinajstić information content (AvgIpc) is 2.79. The molecule has 0 radical (unpaired) electrons. The summed E-state index contributed by atoms with van der Waals surface area (Å²) >= 11 is 0. The van der Waals surface area contributed by atoms with Crippen molar-refractivity contribution in [2.24, 2.45) is 7.05 Å². The van der Waals surface area contributed by atoms with Crippen LogP contribution in [-0.2, 0) is 11.8 Å². The van der Waals surface area contributed by atoms with Crippen LogP contribution in [0.25, 0.3) is 11.4 Å². The number of methoxy groups -OCH3 is 2. The molecule has 0 saturated carbocycles. The number of ether oxygens (including phenoxy) is 2. The van der Waals surface area contributed by atoms with E-state index in [1.807, 2.05) is 31.2 Å². The molecule has 1 heterocycles. The highest BCUT2D eigenvalue weighted by atomic mass is 16.5. The van der Waals surface area contributed by atoms with E-state index in [0.29, 0.717) is 11.8 Å². The summed E-state index contributed by atoms with van der Waals surface area (Å²) in [7, 11) is 5.08. The van der Waals surface area contributed by atoms with Crippen molar-refractivity contribution < 1.29 is 9.47 Å². The zero-order chi connectivity index (χ0) is 13.1. The van der Waals surface area contributed by atoms with E-state index < -0.39 is 0 Å². The SMILES string of the molecule is COc1nc(-c2cccc([C@H](C)OC)c2)nn1C. The lowest BCUT2D eigenvalue weighted by Gasteiger charge is -2.10. The maximum Gasteiger partial charge on any atom is 0.314 e. The van der Waals surface area contributed by atoms with Gasteiger partial charge in [-0.05, 0) is 18.6 Å². The molecule has 0 unspecified atom stereocenters. The predicted octanol–water partition coefficient (Wildman–Crippen LogP) is 2.20. The predicted molar refractivity (Wildman–Crippen MR) is 68.4 cm³/mol. The molecule has 0 amide bonds. The van der Waals surface area contributed by atoms with Crippen LogP contribution >= 0.6 is 0 Å². The first-order chi connectivity index (χ1) is 8.65. The normalized spacial score (nSPS) is 12.4. The molecule has 0 fully saturated rings. The molecule has 0 aliphatic heterocycles. The van der Waals surface area contributed by atoms with Gasteiger partial charge in [0.2, 0.25) is 0 Å². The highest BCUT2D eigenvalue weighted by molar-refractivity contribution is 5.56. The number of hydrogen-bond acceptors (Lipinski definition) is 4. The van der Waals surface area contributed by atoms with Gasteiger partial charge in [0.25, 0.3) is 0 Å². The number of rotatable bonds is 4. The first-order valence-corrected chi connectivity index (χ1v) is 5.74. The Kier molecular flexibility index (Phi) is 3.62. The van der Waals surface area contributed by atoms with Crippen molar-refractivity contribution in [3.8, 4) is 17.4 Å². The fraction of sp³-hybridized carbons (Fsp3) is 0.385. The molecule has 0 aliphatic carbocycles.